The molecular weight excluding hydrogens is 727 g/mol. The number of carboxylic acid groups (broad SMARTS) is 2. The molecule has 274 valence electrons. The third kappa shape index (κ3) is 10.5. The molecule has 2 amide bonds. The van der Waals surface area contributed by atoms with Crippen molar-refractivity contribution in [1.29, 1.82) is 0 Å². The Morgan fingerprint density at radius 2 is 1.04 bits per heavy atom. The number of rotatable bonds is 11. The highest BCUT2D eigenvalue weighted by molar-refractivity contribution is 6.32. The number of amides is 2. The maximum Gasteiger partial charge on any atom is 0.305 e. The number of nitrogens with zero attached hydrogens (tertiary/aromatic N) is 4. The third-order valence-electron chi connectivity index (χ3n) is 7.59. The highest BCUT2D eigenvalue weighted by Gasteiger charge is 2.24. The molecule has 0 aliphatic heterocycles. The van der Waals surface area contributed by atoms with Gasteiger partial charge in [-0.2, -0.15) is 0 Å². The van der Waals surface area contributed by atoms with E-state index in [9.17, 15) is 24.3 Å². The van der Waals surface area contributed by atoms with Crippen molar-refractivity contribution in [2.75, 3.05) is 22.9 Å². The molecule has 0 saturated carbocycles. The highest BCUT2D eigenvalue weighted by atomic mass is 35.5. The van der Waals surface area contributed by atoms with E-state index < -0.39 is 35.8 Å². The molecule has 0 fully saturated rings. The number of carbonyl (C=O) groups is 4. The van der Waals surface area contributed by atoms with E-state index in [0.29, 0.717) is 11.1 Å². The van der Waals surface area contributed by atoms with Gasteiger partial charge in [0.2, 0.25) is 0 Å². The standard InChI is InChI=1S/C20H18ClN5O3.C15H16ClN5O3/c21-17-19(23)26-18(22)16(25-17)20(29)24-14(10-15(27)28)13-8-6-12(7-9-13)11-4-2-1-3-5-11;1-7-4-2-3-5-8(7)9(6-10(22)23)19-15(24)11-13(17)21-14(18)12(16)20-11/h1-9,14H,10H2,(H,24,29)(H,27,28)(H4,22,23,26);2-5,9H,6H2,1H3,(H,19,24)(H,22,23)(H4,17,18,21). The molecule has 5 aromatic rings. The van der Waals surface area contributed by atoms with Gasteiger partial charge in [0, 0.05) is 0 Å². The molecule has 16 nitrogen and oxygen atoms in total. The van der Waals surface area contributed by atoms with Crippen LogP contribution >= 0.6 is 23.2 Å². The van der Waals surface area contributed by atoms with Crippen LogP contribution in [0.25, 0.3) is 11.1 Å². The van der Waals surface area contributed by atoms with Crippen LogP contribution < -0.4 is 33.6 Å². The lowest BCUT2D eigenvalue weighted by atomic mass is 9.98. The molecule has 18 heteroatoms. The van der Waals surface area contributed by atoms with Crippen molar-refractivity contribution in [3.8, 4) is 11.1 Å². The number of benzene rings is 3. The molecule has 12 N–H and O–H groups in total. The van der Waals surface area contributed by atoms with Crippen LogP contribution in [0, 0.1) is 6.92 Å². The topological polar surface area (TPSA) is 288 Å². The molecular formula is C35H34Cl2N10O6. The van der Waals surface area contributed by atoms with Crippen LogP contribution in [-0.2, 0) is 9.59 Å². The van der Waals surface area contributed by atoms with Gasteiger partial charge in [0.05, 0.1) is 24.9 Å². The Morgan fingerprint density at radius 3 is 1.53 bits per heavy atom. The maximum absolute atomic E-state index is 12.6. The van der Waals surface area contributed by atoms with Crippen molar-refractivity contribution in [3.05, 3.63) is 117 Å². The van der Waals surface area contributed by atoms with Crippen LogP contribution in [0.1, 0.15) is 62.6 Å². The first-order chi connectivity index (χ1) is 25.1. The summed E-state index contributed by atoms with van der Waals surface area (Å²) in [6.07, 6.45) is -0.626. The van der Waals surface area contributed by atoms with Crippen molar-refractivity contribution in [2.45, 2.75) is 31.8 Å². The van der Waals surface area contributed by atoms with E-state index in [4.69, 9.17) is 51.2 Å². The fourth-order valence-corrected chi connectivity index (χ4v) is 5.28. The molecule has 0 aliphatic rings. The van der Waals surface area contributed by atoms with E-state index in [2.05, 4.69) is 30.6 Å². The predicted molar refractivity (Wildman–Crippen MR) is 200 cm³/mol. The minimum Gasteiger partial charge on any atom is -0.481 e. The molecule has 2 aromatic heterocycles. The summed E-state index contributed by atoms with van der Waals surface area (Å²) in [6, 6.07) is 22.6. The van der Waals surface area contributed by atoms with Crippen molar-refractivity contribution in [2.24, 2.45) is 0 Å². The van der Waals surface area contributed by atoms with Gasteiger partial charge in [-0.1, -0.05) is 102 Å². The Labute approximate surface area is 312 Å². The summed E-state index contributed by atoms with van der Waals surface area (Å²) in [4.78, 5) is 62.6. The average Bonchev–Trinajstić information content (AvgIpc) is 3.11. The number of aromatic nitrogens is 4. The molecule has 2 unspecified atom stereocenters. The van der Waals surface area contributed by atoms with Gasteiger partial charge < -0.3 is 43.8 Å². The Morgan fingerprint density at radius 1 is 0.604 bits per heavy atom. The van der Waals surface area contributed by atoms with Crippen molar-refractivity contribution < 1.29 is 29.4 Å². The highest BCUT2D eigenvalue weighted by Crippen LogP contribution is 2.26. The summed E-state index contributed by atoms with van der Waals surface area (Å²) in [5.74, 6) is -4.08. The van der Waals surface area contributed by atoms with Gasteiger partial charge in [-0.25, -0.2) is 19.9 Å². The summed E-state index contributed by atoms with van der Waals surface area (Å²) in [6.45, 7) is 1.82. The van der Waals surface area contributed by atoms with E-state index >= 15 is 0 Å². The quantitative estimate of drug-likeness (QED) is 0.0923. The number of carbonyl (C=O) groups excluding carboxylic acids is 2. The number of anilines is 4. The van der Waals surface area contributed by atoms with E-state index in [0.717, 1.165) is 16.7 Å². The lowest BCUT2D eigenvalue weighted by molar-refractivity contribution is -0.138. The van der Waals surface area contributed by atoms with Crippen LogP contribution in [0.3, 0.4) is 0 Å². The Bertz CT molecular complexity index is 2140. The van der Waals surface area contributed by atoms with Crippen molar-refractivity contribution in [3.63, 3.8) is 0 Å². The first-order valence-corrected chi connectivity index (χ1v) is 16.3. The first kappa shape index (κ1) is 39.3. The van der Waals surface area contributed by atoms with Crippen LogP contribution in [0.5, 0.6) is 0 Å². The lowest BCUT2D eigenvalue weighted by Gasteiger charge is -2.19. The number of hydrogen-bond donors (Lipinski definition) is 8. The zero-order valence-electron chi connectivity index (χ0n) is 28.0. The van der Waals surface area contributed by atoms with Gasteiger partial charge in [0.25, 0.3) is 11.8 Å². The first-order valence-electron chi connectivity index (χ1n) is 15.6. The normalized spacial score (nSPS) is 11.7. The molecule has 0 saturated heterocycles. The number of halogens is 2. The monoisotopic (exact) mass is 760 g/mol. The van der Waals surface area contributed by atoms with Gasteiger partial charge in [-0.15, -0.1) is 0 Å². The van der Waals surface area contributed by atoms with E-state index in [1.165, 1.54) is 0 Å². The number of aliphatic carboxylic acids is 2. The number of hydrogen-bond acceptors (Lipinski definition) is 12. The molecule has 53 heavy (non-hydrogen) atoms. The molecule has 0 radical (unpaired) electrons. The number of nitrogens with one attached hydrogen (secondary N) is 2. The Balaban J connectivity index is 0.000000241. The fourth-order valence-electron chi connectivity index (χ4n) is 5.03. The van der Waals surface area contributed by atoms with Gasteiger partial charge >= 0.3 is 11.9 Å². The smallest absolute Gasteiger partial charge is 0.305 e. The lowest BCUT2D eigenvalue weighted by Crippen LogP contribution is -2.32. The summed E-state index contributed by atoms with van der Waals surface area (Å²) in [7, 11) is 0. The zero-order chi connectivity index (χ0) is 38.8. The van der Waals surface area contributed by atoms with Crippen LogP contribution in [0.4, 0.5) is 23.3 Å². The molecule has 2 heterocycles. The van der Waals surface area contributed by atoms with Gasteiger partial charge in [-0.05, 0) is 34.7 Å². The summed E-state index contributed by atoms with van der Waals surface area (Å²) >= 11 is 11.6. The van der Waals surface area contributed by atoms with Gasteiger partial charge in [-0.3, -0.25) is 19.2 Å². The number of nitrogens with two attached hydrogens (primary N) is 4. The molecule has 0 aliphatic carbocycles. The number of carboxylic acids is 2. The second kappa shape index (κ2) is 17.6. The average molecular weight is 762 g/mol. The minimum atomic E-state index is -1.07. The summed E-state index contributed by atoms with van der Waals surface area (Å²) in [5, 5.41) is 23.3. The second-order valence-corrected chi connectivity index (χ2v) is 12.1. The van der Waals surface area contributed by atoms with Gasteiger partial charge in [0.15, 0.2) is 45.0 Å². The molecule has 0 bridgehead atoms. The zero-order valence-corrected chi connectivity index (χ0v) is 29.5. The Kier molecular flexibility index (Phi) is 13.0. The maximum atomic E-state index is 12.6. The summed E-state index contributed by atoms with van der Waals surface area (Å²) < 4.78 is 0. The molecule has 2 atom stereocenters. The second-order valence-electron chi connectivity index (χ2n) is 11.4. The van der Waals surface area contributed by atoms with Crippen molar-refractivity contribution in [1.82, 2.24) is 30.6 Å². The number of nitrogen functional groups attached to an aromatic ring is 4. The predicted octanol–water partition coefficient (Wildman–Crippen LogP) is 4.46. The van der Waals surface area contributed by atoms with E-state index in [-0.39, 0.29) is 57.8 Å². The van der Waals surface area contributed by atoms with Gasteiger partial charge in [0.1, 0.15) is 0 Å². The molecule has 3 aromatic carbocycles. The molecule has 5 rings (SSSR count). The van der Waals surface area contributed by atoms with Crippen LogP contribution in [0.2, 0.25) is 10.3 Å². The third-order valence-corrected chi connectivity index (χ3v) is 8.15. The number of aryl methyl sites for hydroxylation is 1. The van der Waals surface area contributed by atoms with E-state index in [1.807, 2.05) is 61.5 Å². The summed E-state index contributed by atoms with van der Waals surface area (Å²) in [5.41, 5.74) is 26.0. The fraction of sp³-hybridized carbons (Fsp3) is 0.143. The SMILES string of the molecule is Cc1ccccc1C(CC(=O)O)NC(=O)c1nc(Cl)c(N)nc1N.Nc1nc(N)c(C(=O)NC(CC(=O)O)c2ccc(-c3ccccc3)cc2)nc1Cl. The molecule has 0 spiro atoms. The minimum absolute atomic E-state index is 0.0910. The van der Waals surface area contributed by atoms with Crippen molar-refractivity contribution >= 4 is 70.2 Å². The van der Waals surface area contributed by atoms with Crippen LogP contribution in [-0.4, -0.2) is 53.9 Å². The largest absolute Gasteiger partial charge is 0.481 e. The van der Waals surface area contributed by atoms with Crippen LogP contribution in [0.15, 0.2) is 78.9 Å². The Hall–Kier alpha value is -6.52. The van der Waals surface area contributed by atoms with E-state index in [1.54, 1.807) is 24.3 Å².